The fourth-order valence-corrected chi connectivity index (χ4v) is 2.84. The number of hydrogen-bond acceptors (Lipinski definition) is 5. The zero-order valence-electron chi connectivity index (χ0n) is 14.9. The standard InChI is InChI=1S/C21H20O5/c1-4-25-20-17(16(22)11-10-14-8-6-5-7-9-14)18(23-2)15-12-13-26-19(15)21(20)24-3/h5-13H,4H2,1-3H3. The van der Waals surface area contributed by atoms with Gasteiger partial charge in [-0.25, -0.2) is 0 Å². The lowest BCUT2D eigenvalue weighted by molar-refractivity contribution is 0.104. The molecule has 2 aromatic carbocycles. The van der Waals surface area contributed by atoms with Gasteiger partial charge in [0.15, 0.2) is 17.1 Å². The Kier molecular flexibility index (Phi) is 5.27. The maximum Gasteiger partial charge on any atom is 0.205 e. The molecule has 3 aromatic rings. The highest BCUT2D eigenvalue weighted by Crippen LogP contribution is 2.46. The first kappa shape index (κ1) is 17.6. The number of rotatable bonds is 7. The average Bonchev–Trinajstić information content (AvgIpc) is 3.15. The van der Waals surface area contributed by atoms with Crippen LogP contribution in [0.15, 0.2) is 53.2 Å². The lowest BCUT2D eigenvalue weighted by atomic mass is 10.0. The second-order valence-corrected chi connectivity index (χ2v) is 5.48. The Bertz CT molecular complexity index is 938. The molecule has 0 saturated carbocycles. The molecule has 0 atom stereocenters. The van der Waals surface area contributed by atoms with E-state index in [1.807, 2.05) is 37.3 Å². The topological polar surface area (TPSA) is 57.9 Å². The molecule has 0 aliphatic rings. The summed E-state index contributed by atoms with van der Waals surface area (Å²) < 4.78 is 22.2. The van der Waals surface area contributed by atoms with Gasteiger partial charge in [-0.05, 0) is 24.6 Å². The van der Waals surface area contributed by atoms with Crippen LogP contribution in [0.2, 0.25) is 0 Å². The monoisotopic (exact) mass is 352 g/mol. The molecule has 26 heavy (non-hydrogen) atoms. The summed E-state index contributed by atoms with van der Waals surface area (Å²) in [5.41, 5.74) is 1.72. The first-order valence-electron chi connectivity index (χ1n) is 8.26. The molecule has 0 aliphatic heterocycles. The third kappa shape index (κ3) is 3.16. The Hall–Kier alpha value is -3.21. The van der Waals surface area contributed by atoms with Crippen LogP contribution in [0.3, 0.4) is 0 Å². The number of fused-ring (bicyclic) bond motifs is 1. The van der Waals surface area contributed by atoms with Gasteiger partial charge < -0.3 is 18.6 Å². The third-order valence-electron chi connectivity index (χ3n) is 3.95. The fourth-order valence-electron chi connectivity index (χ4n) is 2.84. The van der Waals surface area contributed by atoms with Crippen LogP contribution in [-0.2, 0) is 0 Å². The summed E-state index contributed by atoms with van der Waals surface area (Å²) >= 11 is 0. The highest BCUT2D eigenvalue weighted by Gasteiger charge is 2.27. The molecule has 0 N–H and O–H groups in total. The lowest BCUT2D eigenvalue weighted by Gasteiger charge is -2.16. The number of carbonyl (C=O) groups is 1. The third-order valence-corrected chi connectivity index (χ3v) is 3.95. The van der Waals surface area contributed by atoms with Gasteiger partial charge in [-0.3, -0.25) is 4.79 Å². The van der Waals surface area contributed by atoms with E-state index in [0.29, 0.717) is 40.4 Å². The quantitative estimate of drug-likeness (QED) is 0.454. The highest BCUT2D eigenvalue weighted by atomic mass is 16.5. The molecule has 0 fully saturated rings. The van der Waals surface area contributed by atoms with E-state index in [-0.39, 0.29) is 5.78 Å². The summed E-state index contributed by atoms with van der Waals surface area (Å²) in [6.45, 7) is 2.21. The van der Waals surface area contributed by atoms with Gasteiger partial charge in [0.25, 0.3) is 0 Å². The number of benzene rings is 2. The van der Waals surface area contributed by atoms with E-state index in [4.69, 9.17) is 18.6 Å². The zero-order valence-corrected chi connectivity index (χ0v) is 14.9. The number of carbonyl (C=O) groups excluding carboxylic acids is 1. The molecule has 1 heterocycles. The van der Waals surface area contributed by atoms with E-state index in [1.165, 1.54) is 26.6 Å². The number of allylic oxidation sites excluding steroid dienone is 1. The molecule has 0 amide bonds. The Morgan fingerprint density at radius 1 is 1.04 bits per heavy atom. The van der Waals surface area contributed by atoms with Crippen molar-refractivity contribution in [1.29, 1.82) is 0 Å². The second kappa shape index (κ2) is 7.78. The number of ether oxygens (including phenoxy) is 3. The molecular weight excluding hydrogens is 332 g/mol. The van der Waals surface area contributed by atoms with Crippen LogP contribution in [0.5, 0.6) is 17.2 Å². The number of hydrogen-bond donors (Lipinski definition) is 0. The van der Waals surface area contributed by atoms with Crippen LogP contribution in [0.4, 0.5) is 0 Å². The Balaban J connectivity index is 2.17. The number of furan rings is 1. The predicted octanol–water partition coefficient (Wildman–Crippen LogP) is 4.74. The van der Waals surface area contributed by atoms with Gasteiger partial charge in [0.05, 0.1) is 32.5 Å². The van der Waals surface area contributed by atoms with Crippen molar-refractivity contribution in [3.05, 3.63) is 59.9 Å². The molecule has 0 spiro atoms. The van der Waals surface area contributed by atoms with E-state index in [1.54, 1.807) is 12.1 Å². The smallest absolute Gasteiger partial charge is 0.205 e. The molecule has 1 aromatic heterocycles. The minimum absolute atomic E-state index is 0.240. The first-order valence-corrected chi connectivity index (χ1v) is 8.26. The number of methoxy groups -OCH3 is 2. The molecular formula is C21H20O5. The molecule has 0 radical (unpaired) electrons. The van der Waals surface area contributed by atoms with Crippen molar-refractivity contribution in [3.63, 3.8) is 0 Å². The number of ketones is 1. The van der Waals surface area contributed by atoms with Gasteiger partial charge in [-0.15, -0.1) is 0 Å². The van der Waals surface area contributed by atoms with Crippen LogP contribution in [0, 0.1) is 0 Å². The van der Waals surface area contributed by atoms with E-state index in [9.17, 15) is 4.79 Å². The summed E-state index contributed by atoms with van der Waals surface area (Å²) in [4.78, 5) is 13.0. The van der Waals surface area contributed by atoms with Crippen molar-refractivity contribution >= 4 is 22.8 Å². The van der Waals surface area contributed by atoms with Gasteiger partial charge >= 0.3 is 0 Å². The zero-order chi connectivity index (χ0) is 18.5. The maximum atomic E-state index is 13.0. The molecule has 0 saturated heterocycles. The van der Waals surface area contributed by atoms with Crippen molar-refractivity contribution in [2.24, 2.45) is 0 Å². The van der Waals surface area contributed by atoms with E-state index < -0.39 is 0 Å². The molecule has 134 valence electrons. The van der Waals surface area contributed by atoms with Gasteiger partial charge in [0.2, 0.25) is 5.75 Å². The average molecular weight is 352 g/mol. The van der Waals surface area contributed by atoms with Gasteiger partial charge in [-0.1, -0.05) is 36.4 Å². The Morgan fingerprint density at radius 2 is 1.77 bits per heavy atom. The van der Waals surface area contributed by atoms with E-state index >= 15 is 0 Å². The van der Waals surface area contributed by atoms with Gasteiger partial charge in [0.1, 0.15) is 11.3 Å². The van der Waals surface area contributed by atoms with Crippen molar-refractivity contribution in [2.45, 2.75) is 6.92 Å². The molecule has 0 unspecified atom stereocenters. The molecule has 0 bridgehead atoms. The van der Waals surface area contributed by atoms with Crippen LogP contribution >= 0.6 is 0 Å². The molecule has 0 aliphatic carbocycles. The lowest BCUT2D eigenvalue weighted by Crippen LogP contribution is -2.07. The van der Waals surface area contributed by atoms with E-state index in [2.05, 4.69) is 0 Å². The summed E-state index contributed by atoms with van der Waals surface area (Å²) in [5.74, 6) is 0.859. The SMILES string of the molecule is CCOc1c(C(=O)C=Cc2ccccc2)c(OC)c2ccoc2c1OC. The normalized spacial score (nSPS) is 11.0. The van der Waals surface area contributed by atoms with E-state index in [0.717, 1.165) is 5.56 Å². The van der Waals surface area contributed by atoms with Crippen LogP contribution in [-0.4, -0.2) is 26.6 Å². The summed E-state index contributed by atoms with van der Waals surface area (Å²) in [6.07, 6.45) is 4.78. The van der Waals surface area contributed by atoms with Crippen molar-refractivity contribution < 1.29 is 23.4 Å². The van der Waals surface area contributed by atoms with Crippen molar-refractivity contribution in [2.75, 3.05) is 20.8 Å². The van der Waals surface area contributed by atoms with Gasteiger partial charge in [-0.2, -0.15) is 0 Å². The van der Waals surface area contributed by atoms with Crippen LogP contribution < -0.4 is 14.2 Å². The summed E-state index contributed by atoms with van der Waals surface area (Å²) in [6, 6.07) is 11.3. The Labute approximate surface area is 151 Å². The van der Waals surface area contributed by atoms with Crippen molar-refractivity contribution in [1.82, 2.24) is 0 Å². The molecule has 5 heteroatoms. The van der Waals surface area contributed by atoms with Crippen LogP contribution in [0.1, 0.15) is 22.8 Å². The predicted molar refractivity (Wildman–Crippen MR) is 100 cm³/mol. The fraction of sp³-hybridized carbons (Fsp3) is 0.190. The summed E-state index contributed by atoms with van der Waals surface area (Å²) in [7, 11) is 3.03. The minimum Gasteiger partial charge on any atom is -0.495 e. The first-order chi connectivity index (χ1) is 12.7. The van der Waals surface area contributed by atoms with Crippen molar-refractivity contribution in [3.8, 4) is 17.2 Å². The molecule has 3 rings (SSSR count). The maximum absolute atomic E-state index is 13.0. The summed E-state index contributed by atoms with van der Waals surface area (Å²) in [5, 5.41) is 0.657. The largest absolute Gasteiger partial charge is 0.495 e. The second-order valence-electron chi connectivity index (χ2n) is 5.48. The molecule has 5 nitrogen and oxygen atoms in total. The highest BCUT2D eigenvalue weighted by molar-refractivity contribution is 6.15. The Morgan fingerprint density at radius 3 is 2.42 bits per heavy atom. The van der Waals surface area contributed by atoms with Gasteiger partial charge in [0, 0.05) is 0 Å². The minimum atomic E-state index is -0.240. The van der Waals surface area contributed by atoms with Crippen LogP contribution in [0.25, 0.3) is 17.0 Å².